The molecule has 10 heteroatoms. The predicted octanol–water partition coefficient (Wildman–Crippen LogP) is 0.822. The van der Waals surface area contributed by atoms with Crippen LogP contribution in [-0.4, -0.2) is 58.0 Å². The number of nitrogens with two attached hydrogens (primary N) is 1. The molecule has 1 aliphatic heterocycles. The van der Waals surface area contributed by atoms with Crippen molar-refractivity contribution in [2.45, 2.75) is 11.0 Å². The van der Waals surface area contributed by atoms with Gasteiger partial charge in [-0.15, -0.1) is 0 Å². The van der Waals surface area contributed by atoms with E-state index < -0.39 is 22.0 Å². The Morgan fingerprint density at radius 1 is 1.14 bits per heavy atom. The van der Waals surface area contributed by atoms with Crippen LogP contribution in [0.15, 0.2) is 53.4 Å². The molecular weight excluding hydrogens is 398 g/mol. The normalized spacial score (nSPS) is 16.9. The van der Waals surface area contributed by atoms with Crippen molar-refractivity contribution in [2.75, 3.05) is 31.5 Å². The highest BCUT2D eigenvalue weighted by Gasteiger charge is 2.28. The van der Waals surface area contributed by atoms with E-state index >= 15 is 0 Å². The second-order valence-corrected chi connectivity index (χ2v) is 8.05. The van der Waals surface area contributed by atoms with Crippen LogP contribution in [0.25, 0.3) is 0 Å². The van der Waals surface area contributed by atoms with Gasteiger partial charge in [-0.2, -0.15) is 0 Å². The van der Waals surface area contributed by atoms with Crippen LogP contribution in [0.4, 0.5) is 5.69 Å². The highest BCUT2D eigenvalue weighted by Crippen LogP contribution is 2.20. The average Bonchev–Trinajstić information content (AvgIpc) is 2.73. The van der Waals surface area contributed by atoms with Gasteiger partial charge in [-0.3, -0.25) is 14.3 Å². The molecule has 0 bridgehead atoms. The summed E-state index contributed by atoms with van der Waals surface area (Å²) in [6, 6.07) is 12.0. The maximum Gasteiger partial charge on any atom is 0.261 e. The Bertz CT molecular complexity index is 990. The van der Waals surface area contributed by atoms with E-state index in [1.165, 1.54) is 36.3 Å². The molecule has 0 radical (unpaired) electrons. The minimum atomic E-state index is -3.82. The van der Waals surface area contributed by atoms with Crippen molar-refractivity contribution in [1.29, 1.82) is 0 Å². The minimum absolute atomic E-state index is 0.0156. The highest BCUT2D eigenvalue weighted by molar-refractivity contribution is 7.92. The van der Waals surface area contributed by atoms with Crippen LogP contribution < -0.4 is 15.2 Å². The Morgan fingerprint density at radius 2 is 1.79 bits per heavy atom. The number of ether oxygens (including phenoxy) is 2. The van der Waals surface area contributed by atoms with E-state index in [1.54, 1.807) is 24.3 Å². The van der Waals surface area contributed by atoms with Crippen LogP contribution in [-0.2, 0) is 19.6 Å². The molecule has 1 saturated heterocycles. The number of rotatable bonds is 6. The van der Waals surface area contributed by atoms with Gasteiger partial charge in [0.05, 0.1) is 25.2 Å². The Morgan fingerprint density at radius 3 is 2.38 bits per heavy atom. The molecule has 2 aromatic rings. The quantitative estimate of drug-likeness (QED) is 0.714. The van der Waals surface area contributed by atoms with Gasteiger partial charge in [0, 0.05) is 17.8 Å². The molecule has 2 amide bonds. The Hall–Kier alpha value is -3.11. The van der Waals surface area contributed by atoms with E-state index in [0.717, 1.165) is 0 Å². The number of hydrogen-bond donors (Lipinski definition) is 2. The van der Waals surface area contributed by atoms with Crippen LogP contribution >= 0.6 is 0 Å². The first-order valence-corrected chi connectivity index (χ1v) is 10.3. The number of anilines is 1. The zero-order valence-corrected chi connectivity index (χ0v) is 16.5. The summed E-state index contributed by atoms with van der Waals surface area (Å²) < 4.78 is 37.8. The number of nitrogens with zero attached hydrogens (tertiary/aromatic N) is 1. The predicted molar refractivity (Wildman–Crippen MR) is 105 cm³/mol. The van der Waals surface area contributed by atoms with E-state index in [1.807, 2.05) is 0 Å². The topological polar surface area (TPSA) is 128 Å². The molecule has 0 aliphatic carbocycles. The first-order valence-electron chi connectivity index (χ1n) is 8.77. The monoisotopic (exact) mass is 419 g/mol. The van der Waals surface area contributed by atoms with E-state index in [4.69, 9.17) is 15.2 Å². The summed E-state index contributed by atoms with van der Waals surface area (Å²) in [5.74, 6) is -0.349. The minimum Gasteiger partial charge on any atom is -0.497 e. The maximum absolute atomic E-state index is 12.6. The van der Waals surface area contributed by atoms with Gasteiger partial charge in [0.25, 0.3) is 15.9 Å². The second kappa shape index (κ2) is 8.50. The molecule has 1 unspecified atom stereocenters. The molecule has 9 nitrogen and oxygen atoms in total. The van der Waals surface area contributed by atoms with Crippen LogP contribution in [0.5, 0.6) is 5.75 Å². The largest absolute Gasteiger partial charge is 0.497 e. The molecule has 0 spiro atoms. The zero-order valence-electron chi connectivity index (χ0n) is 15.7. The van der Waals surface area contributed by atoms with Gasteiger partial charge in [0.2, 0.25) is 5.91 Å². The third-order valence-electron chi connectivity index (χ3n) is 4.42. The third-order valence-corrected chi connectivity index (χ3v) is 5.82. The SMILES string of the molecule is COc1ccc(NS(=O)(=O)c2ccc(C(=O)N3CCOC(C(N)=O)C3)cc2)cc1. The number of benzene rings is 2. The van der Waals surface area contributed by atoms with Gasteiger partial charge >= 0.3 is 0 Å². The Labute approximate surface area is 168 Å². The number of methoxy groups -OCH3 is 1. The number of morpholine rings is 1. The van der Waals surface area contributed by atoms with Crippen molar-refractivity contribution in [3.63, 3.8) is 0 Å². The maximum atomic E-state index is 12.6. The summed E-state index contributed by atoms with van der Waals surface area (Å²) in [6.45, 7) is 0.590. The lowest BCUT2D eigenvalue weighted by Gasteiger charge is -2.31. The summed E-state index contributed by atoms with van der Waals surface area (Å²) in [7, 11) is -2.30. The number of nitrogens with one attached hydrogen (secondary N) is 1. The summed E-state index contributed by atoms with van der Waals surface area (Å²) in [5, 5.41) is 0. The lowest BCUT2D eigenvalue weighted by molar-refractivity contribution is -0.133. The van der Waals surface area contributed by atoms with Crippen molar-refractivity contribution in [1.82, 2.24) is 4.90 Å². The van der Waals surface area contributed by atoms with Crippen molar-refractivity contribution in [3.8, 4) is 5.75 Å². The van der Waals surface area contributed by atoms with E-state index in [9.17, 15) is 18.0 Å². The molecule has 29 heavy (non-hydrogen) atoms. The van der Waals surface area contributed by atoms with Gasteiger partial charge < -0.3 is 20.1 Å². The molecule has 1 aliphatic rings. The first kappa shape index (κ1) is 20.6. The van der Waals surface area contributed by atoms with Gasteiger partial charge in [0.1, 0.15) is 5.75 Å². The molecule has 3 N–H and O–H groups in total. The van der Waals surface area contributed by atoms with Crippen molar-refractivity contribution < 1.29 is 27.5 Å². The van der Waals surface area contributed by atoms with Crippen molar-refractivity contribution >= 4 is 27.5 Å². The summed E-state index contributed by atoms with van der Waals surface area (Å²) in [5.41, 5.74) is 5.92. The average molecular weight is 419 g/mol. The summed E-state index contributed by atoms with van der Waals surface area (Å²) >= 11 is 0. The number of carbonyl (C=O) groups is 2. The van der Waals surface area contributed by atoms with Gasteiger partial charge in [-0.25, -0.2) is 8.42 Å². The summed E-state index contributed by atoms with van der Waals surface area (Å²) in [6.07, 6.45) is -0.846. The number of sulfonamides is 1. The van der Waals surface area contributed by atoms with Gasteiger partial charge in [-0.1, -0.05) is 0 Å². The van der Waals surface area contributed by atoms with Gasteiger partial charge in [0.15, 0.2) is 6.10 Å². The number of hydrogen-bond acceptors (Lipinski definition) is 6. The smallest absolute Gasteiger partial charge is 0.261 e. The Balaban J connectivity index is 1.71. The van der Waals surface area contributed by atoms with Crippen molar-refractivity contribution in [2.24, 2.45) is 5.73 Å². The van der Waals surface area contributed by atoms with E-state index in [-0.39, 0.29) is 24.0 Å². The standard InChI is InChI=1S/C19H21N3O6S/c1-27-15-6-4-14(5-7-15)21-29(25,26)16-8-2-13(3-9-16)19(24)22-10-11-28-17(12-22)18(20)23/h2-9,17,21H,10-12H2,1H3,(H2,20,23). The van der Waals surface area contributed by atoms with Crippen LogP contribution in [0, 0.1) is 0 Å². The van der Waals surface area contributed by atoms with Crippen LogP contribution in [0.2, 0.25) is 0 Å². The second-order valence-electron chi connectivity index (χ2n) is 6.37. The molecule has 1 atom stereocenters. The zero-order chi connectivity index (χ0) is 21.0. The molecule has 0 saturated carbocycles. The third kappa shape index (κ3) is 4.84. The molecular formula is C19H21N3O6S. The van der Waals surface area contributed by atoms with Crippen molar-refractivity contribution in [3.05, 3.63) is 54.1 Å². The van der Waals surface area contributed by atoms with Gasteiger partial charge in [-0.05, 0) is 48.5 Å². The highest BCUT2D eigenvalue weighted by atomic mass is 32.2. The summed E-state index contributed by atoms with van der Waals surface area (Å²) in [4.78, 5) is 25.4. The fraction of sp³-hybridized carbons (Fsp3) is 0.263. The molecule has 154 valence electrons. The Kier molecular flexibility index (Phi) is 6.04. The fourth-order valence-electron chi connectivity index (χ4n) is 2.84. The number of primary amides is 1. The fourth-order valence-corrected chi connectivity index (χ4v) is 3.90. The van der Waals surface area contributed by atoms with E-state index in [2.05, 4.69) is 4.72 Å². The first-order chi connectivity index (χ1) is 13.8. The molecule has 1 heterocycles. The molecule has 2 aromatic carbocycles. The van der Waals surface area contributed by atoms with E-state index in [0.29, 0.717) is 23.5 Å². The molecule has 1 fully saturated rings. The lowest BCUT2D eigenvalue weighted by Crippen LogP contribution is -2.50. The van der Waals surface area contributed by atoms with Crippen LogP contribution in [0.1, 0.15) is 10.4 Å². The van der Waals surface area contributed by atoms with Crippen LogP contribution in [0.3, 0.4) is 0 Å². The molecule has 0 aromatic heterocycles. The molecule has 3 rings (SSSR count). The number of carbonyl (C=O) groups excluding carboxylic acids is 2. The number of amides is 2. The lowest BCUT2D eigenvalue weighted by atomic mass is 10.1.